The molecule has 1 unspecified atom stereocenters. The number of carbonyl (C=O) groups excluding carboxylic acids is 1. The Bertz CT molecular complexity index is 1330. The number of nitrogens with two attached hydrogens (primary N) is 1. The van der Waals surface area contributed by atoms with Gasteiger partial charge in [0.05, 0.1) is 17.5 Å². The number of fused-ring (bicyclic) bond motifs is 2. The fourth-order valence-corrected chi connectivity index (χ4v) is 4.41. The van der Waals surface area contributed by atoms with Gasteiger partial charge >= 0.3 is 5.97 Å². The summed E-state index contributed by atoms with van der Waals surface area (Å²) in [5.74, 6) is 0.738. The van der Waals surface area contributed by atoms with Gasteiger partial charge in [-0.3, -0.25) is 4.99 Å². The van der Waals surface area contributed by atoms with Crippen molar-refractivity contribution in [1.29, 1.82) is 0 Å². The molecule has 5 nitrogen and oxygen atoms in total. The number of unbranched alkanes of at least 4 members (excludes halogenated alkanes) is 1. The Labute approximate surface area is 206 Å². The van der Waals surface area contributed by atoms with Gasteiger partial charge in [-0.2, -0.15) is 0 Å². The van der Waals surface area contributed by atoms with Gasteiger partial charge in [0.2, 0.25) is 0 Å². The molecular formula is C28H33ClN2O3. The molecule has 1 atom stereocenters. The molecule has 2 aliphatic carbocycles. The molecule has 0 aromatic heterocycles. The van der Waals surface area contributed by atoms with Crippen molar-refractivity contribution in [2.45, 2.75) is 46.5 Å². The number of halogens is 1. The monoisotopic (exact) mass is 480 g/mol. The van der Waals surface area contributed by atoms with Gasteiger partial charge in [-0.1, -0.05) is 38.5 Å². The summed E-state index contributed by atoms with van der Waals surface area (Å²) >= 11 is 0. The minimum atomic E-state index is -0.316. The molecule has 1 aromatic carbocycles. The van der Waals surface area contributed by atoms with Crippen molar-refractivity contribution in [1.82, 2.24) is 0 Å². The fourth-order valence-electron chi connectivity index (χ4n) is 4.41. The molecule has 0 saturated heterocycles. The summed E-state index contributed by atoms with van der Waals surface area (Å²) in [5, 5.41) is 1.74. The molecule has 0 saturated carbocycles. The lowest BCUT2D eigenvalue weighted by molar-refractivity contribution is 0.0500. The molecule has 0 amide bonds. The van der Waals surface area contributed by atoms with E-state index in [1.807, 2.05) is 49.4 Å². The first-order valence-electron chi connectivity index (χ1n) is 11.9. The molecule has 4 rings (SSSR count). The smallest absolute Gasteiger partial charge is 0.338 e. The Kier molecular flexibility index (Phi) is 8.56. The van der Waals surface area contributed by atoms with E-state index in [1.54, 1.807) is 0 Å². The predicted octanol–water partition coefficient (Wildman–Crippen LogP) is 4.63. The average molecular weight is 481 g/mol. The zero-order valence-electron chi connectivity index (χ0n) is 20.1. The zero-order chi connectivity index (χ0) is 23.4. The molecule has 34 heavy (non-hydrogen) atoms. The Balaban J connectivity index is 0.00000324. The van der Waals surface area contributed by atoms with Crippen LogP contribution < -0.4 is 21.7 Å². The standard InChI is InChI=1S/C28H32N2O3.ClH/c1-4-7-14-32-28(31)21-11-9-8-10-20(21)26-22-13-12-19(30-6-3)17-24(22)33-25-16-18(5-2)15-23(29)27(25)26;/h8-13,16-18H,4-7,14-15,29H2,1-3H3;1H. The quantitative estimate of drug-likeness (QED) is 0.395. The molecule has 1 aliphatic heterocycles. The number of ether oxygens (including phenoxy) is 1. The molecule has 3 aliphatic rings. The predicted molar refractivity (Wildman–Crippen MR) is 139 cm³/mol. The van der Waals surface area contributed by atoms with E-state index in [9.17, 15) is 4.79 Å². The van der Waals surface area contributed by atoms with E-state index in [0.717, 1.165) is 69.8 Å². The fraction of sp³-hybridized carbons (Fsp3) is 0.357. The van der Waals surface area contributed by atoms with E-state index < -0.39 is 0 Å². The minimum Gasteiger partial charge on any atom is -0.462 e. The first kappa shape index (κ1) is 25.6. The highest BCUT2D eigenvalue weighted by atomic mass is 35.5. The second-order valence-corrected chi connectivity index (χ2v) is 8.47. The van der Waals surface area contributed by atoms with Crippen LogP contribution in [0.2, 0.25) is 0 Å². The van der Waals surface area contributed by atoms with E-state index in [-0.39, 0.29) is 18.4 Å². The molecule has 2 N–H and O–H groups in total. The van der Waals surface area contributed by atoms with Crippen molar-refractivity contribution in [3.05, 3.63) is 64.0 Å². The Morgan fingerprint density at radius 2 is 1.94 bits per heavy atom. The highest BCUT2D eigenvalue weighted by Gasteiger charge is 2.24. The van der Waals surface area contributed by atoms with E-state index in [1.165, 1.54) is 0 Å². The van der Waals surface area contributed by atoms with Crippen LogP contribution >= 0.6 is 12.4 Å². The van der Waals surface area contributed by atoms with Crippen LogP contribution in [0.5, 0.6) is 0 Å². The van der Waals surface area contributed by atoms with E-state index in [0.29, 0.717) is 24.6 Å². The van der Waals surface area contributed by atoms with Gasteiger partial charge in [0.15, 0.2) is 0 Å². The Hall–Kier alpha value is -3.05. The van der Waals surface area contributed by atoms with E-state index in [2.05, 4.69) is 24.9 Å². The summed E-state index contributed by atoms with van der Waals surface area (Å²) in [6.45, 7) is 7.34. The first-order chi connectivity index (χ1) is 16.1. The molecule has 0 bridgehead atoms. The SMILES string of the molecule is CCCCOC(=O)c1ccccc1-c1c2ccc(=NCC)cc-2oc2c1=C(N)CC(CC)C=2.Cl. The van der Waals surface area contributed by atoms with Crippen LogP contribution in [0.1, 0.15) is 56.8 Å². The van der Waals surface area contributed by atoms with Crippen LogP contribution in [-0.4, -0.2) is 19.1 Å². The maximum absolute atomic E-state index is 13.0. The number of benzene rings is 2. The lowest BCUT2D eigenvalue weighted by atomic mass is 9.87. The Morgan fingerprint density at radius 3 is 2.68 bits per heavy atom. The van der Waals surface area contributed by atoms with Gasteiger partial charge in [0.25, 0.3) is 0 Å². The molecule has 0 radical (unpaired) electrons. The molecule has 1 aromatic rings. The van der Waals surface area contributed by atoms with Crippen molar-refractivity contribution in [3.8, 4) is 22.5 Å². The van der Waals surface area contributed by atoms with E-state index >= 15 is 0 Å². The van der Waals surface area contributed by atoms with Gasteiger partial charge in [-0.25, -0.2) is 4.79 Å². The number of nitrogens with zero attached hydrogens (tertiary/aromatic N) is 1. The summed E-state index contributed by atoms with van der Waals surface area (Å²) < 4.78 is 12.0. The third kappa shape index (κ3) is 5.05. The third-order valence-electron chi connectivity index (χ3n) is 6.15. The molecule has 0 spiro atoms. The number of rotatable bonds is 7. The number of carbonyl (C=O) groups is 1. The third-order valence-corrected chi connectivity index (χ3v) is 6.15. The summed E-state index contributed by atoms with van der Waals surface area (Å²) in [7, 11) is 0. The van der Waals surface area contributed by atoms with Crippen molar-refractivity contribution < 1.29 is 13.9 Å². The van der Waals surface area contributed by atoms with Gasteiger partial charge in [-0.05, 0) is 61.9 Å². The first-order valence-corrected chi connectivity index (χ1v) is 11.9. The highest BCUT2D eigenvalue weighted by Crippen LogP contribution is 2.33. The summed E-state index contributed by atoms with van der Waals surface area (Å²) in [4.78, 5) is 17.6. The lowest BCUT2D eigenvalue weighted by Gasteiger charge is -2.21. The van der Waals surface area contributed by atoms with Gasteiger partial charge in [0, 0.05) is 34.7 Å². The van der Waals surface area contributed by atoms with Crippen molar-refractivity contribution >= 4 is 30.1 Å². The van der Waals surface area contributed by atoms with Crippen molar-refractivity contribution in [3.63, 3.8) is 0 Å². The second-order valence-electron chi connectivity index (χ2n) is 8.47. The molecule has 180 valence electrons. The van der Waals surface area contributed by atoms with Gasteiger partial charge < -0.3 is 14.9 Å². The molecule has 6 heteroatoms. The number of hydrogen-bond donors (Lipinski definition) is 1. The van der Waals surface area contributed by atoms with Crippen LogP contribution in [0.4, 0.5) is 0 Å². The van der Waals surface area contributed by atoms with Crippen LogP contribution in [0.15, 0.2) is 51.9 Å². The lowest BCUT2D eigenvalue weighted by Crippen LogP contribution is -2.37. The molecule has 1 heterocycles. The number of esters is 1. The number of hydrogen-bond acceptors (Lipinski definition) is 5. The highest BCUT2D eigenvalue weighted by molar-refractivity contribution is 6.00. The Morgan fingerprint density at radius 1 is 1.15 bits per heavy atom. The summed E-state index contributed by atoms with van der Waals surface area (Å²) in [6.07, 6.45) is 5.73. The maximum Gasteiger partial charge on any atom is 0.338 e. The second kappa shape index (κ2) is 11.4. The van der Waals surface area contributed by atoms with Crippen molar-refractivity contribution in [2.24, 2.45) is 16.6 Å². The molecular weight excluding hydrogens is 448 g/mol. The van der Waals surface area contributed by atoms with Gasteiger partial charge in [0.1, 0.15) is 11.2 Å². The summed E-state index contributed by atoms with van der Waals surface area (Å²) in [6, 6.07) is 13.6. The average Bonchev–Trinajstić information content (AvgIpc) is 2.82. The van der Waals surface area contributed by atoms with E-state index in [4.69, 9.17) is 14.9 Å². The van der Waals surface area contributed by atoms with Crippen LogP contribution in [0.3, 0.4) is 0 Å². The van der Waals surface area contributed by atoms with Crippen LogP contribution in [0, 0.1) is 5.92 Å². The maximum atomic E-state index is 13.0. The van der Waals surface area contributed by atoms with Crippen LogP contribution in [0.25, 0.3) is 34.2 Å². The van der Waals surface area contributed by atoms with Crippen LogP contribution in [-0.2, 0) is 4.74 Å². The van der Waals surface area contributed by atoms with Crippen molar-refractivity contribution in [2.75, 3.05) is 13.2 Å². The largest absolute Gasteiger partial charge is 0.462 e. The normalized spacial score (nSPS) is 15.4. The minimum absolute atomic E-state index is 0. The molecule has 0 fully saturated rings. The summed E-state index contributed by atoms with van der Waals surface area (Å²) in [5.41, 5.74) is 11.4. The zero-order valence-corrected chi connectivity index (χ0v) is 20.9. The van der Waals surface area contributed by atoms with Gasteiger partial charge in [-0.15, -0.1) is 12.4 Å². The topological polar surface area (TPSA) is 77.8 Å².